The van der Waals surface area contributed by atoms with Crippen molar-refractivity contribution in [2.24, 2.45) is 9.98 Å². The van der Waals surface area contributed by atoms with Crippen molar-refractivity contribution in [1.82, 2.24) is 0 Å². The number of nitrogens with zero attached hydrogens (tertiary/aromatic N) is 2. The van der Waals surface area contributed by atoms with E-state index in [0.717, 1.165) is 12.8 Å². The summed E-state index contributed by atoms with van der Waals surface area (Å²) in [7, 11) is 0. The number of fused-ring (bicyclic) bond motifs is 1. The van der Waals surface area contributed by atoms with Gasteiger partial charge in [0, 0.05) is 24.3 Å². The summed E-state index contributed by atoms with van der Waals surface area (Å²) in [6, 6.07) is 21.0. The second-order valence-electron chi connectivity index (χ2n) is 6.75. The topological polar surface area (TPSA) is 24.7 Å². The average Bonchev–Trinajstić information content (AvgIpc) is 2.94. The summed E-state index contributed by atoms with van der Waals surface area (Å²) in [5.74, 6) is 0. The van der Waals surface area contributed by atoms with E-state index in [1.165, 1.54) is 22.6 Å². The van der Waals surface area contributed by atoms with Gasteiger partial charge < -0.3 is 0 Å². The molecule has 0 spiro atoms. The Morgan fingerprint density at radius 1 is 0.636 bits per heavy atom. The first-order valence-electron chi connectivity index (χ1n) is 7.88. The average molecular weight is 288 g/mol. The van der Waals surface area contributed by atoms with Crippen LogP contribution in [0.4, 0.5) is 0 Å². The van der Waals surface area contributed by atoms with Gasteiger partial charge in [0.2, 0.25) is 0 Å². The second kappa shape index (κ2) is 4.64. The lowest BCUT2D eigenvalue weighted by Crippen LogP contribution is -2.39. The maximum Gasteiger partial charge on any atom is 0.0890 e. The van der Waals surface area contributed by atoms with Gasteiger partial charge in [-0.05, 0) is 25.0 Å². The molecular weight excluding hydrogens is 268 g/mol. The highest BCUT2D eigenvalue weighted by molar-refractivity contribution is 6.08. The lowest BCUT2D eigenvalue weighted by Gasteiger charge is -2.29. The smallest absolute Gasteiger partial charge is 0.0890 e. The fourth-order valence-corrected chi connectivity index (χ4v) is 3.62. The SMILES string of the molecule is CC12CC(c3ccccc3)=NC1(C)CC(c1ccccc1)=N2. The molecule has 2 aliphatic rings. The van der Waals surface area contributed by atoms with Gasteiger partial charge >= 0.3 is 0 Å². The third-order valence-electron chi connectivity index (χ3n) is 5.16. The van der Waals surface area contributed by atoms with E-state index in [0.29, 0.717) is 0 Å². The third kappa shape index (κ3) is 1.94. The molecule has 0 saturated carbocycles. The fourth-order valence-electron chi connectivity index (χ4n) is 3.62. The molecule has 0 amide bonds. The molecule has 0 radical (unpaired) electrons. The van der Waals surface area contributed by atoms with Gasteiger partial charge in [-0.1, -0.05) is 60.7 Å². The van der Waals surface area contributed by atoms with Crippen LogP contribution in [0.5, 0.6) is 0 Å². The zero-order valence-corrected chi connectivity index (χ0v) is 13.1. The van der Waals surface area contributed by atoms with Crippen LogP contribution in [0.1, 0.15) is 37.8 Å². The van der Waals surface area contributed by atoms with Crippen LogP contribution < -0.4 is 0 Å². The molecule has 2 atom stereocenters. The van der Waals surface area contributed by atoms with Crippen molar-refractivity contribution in [2.45, 2.75) is 37.8 Å². The van der Waals surface area contributed by atoms with Crippen LogP contribution in [0.3, 0.4) is 0 Å². The van der Waals surface area contributed by atoms with E-state index in [4.69, 9.17) is 9.98 Å². The molecule has 22 heavy (non-hydrogen) atoms. The Morgan fingerprint density at radius 2 is 1.00 bits per heavy atom. The largest absolute Gasteiger partial charge is 0.280 e. The number of benzene rings is 2. The van der Waals surface area contributed by atoms with Crippen LogP contribution in [-0.2, 0) is 0 Å². The molecular formula is C20H20N2. The van der Waals surface area contributed by atoms with Gasteiger partial charge in [0.05, 0.1) is 11.1 Å². The minimum atomic E-state index is -0.122. The minimum absolute atomic E-state index is 0.122. The molecule has 2 unspecified atom stereocenters. The number of hydrogen-bond donors (Lipinski definition) is 0. The molecule has 0 fully saturated rings. The molecule has 0 saturated heterocycles. The first kappa shape index (κ1) is 13.4. The highest BCUT2D eigenvalue weighted by Gasteiger charge is 2.54. The van der Waals surface area contributed by atoms with E-state index < -0.39 is 0 Å². The maximum atomic E-state index is 5.10. The van der Waals surface area contributed by atoms with Crippen molar-refractivity contribution in [3.8, 4) is 0 Å². The molecule has 4 rings (SSSR count). The Labute approximate surface area is 131 Å². The quantitative estimate of drug-likeness (QED) is 0.787. The maximum absolute atomic E-state index is 5.10. The lowest BCUT2D eigenvalue weighted by molar-refractivity contribution is 0.331. The van der Waals surface area contributed by atoms with E-state index in [1.807, 2.05) is 0 Å². The van der Waals surface area contributed by atoms with Crippen molar-refractivity contribution < 1.29 is 0 Å². The molecule has 2 aromatic rings. The molecule has 0 aliphatic carbocycles. The van der Waals surface area contributed by atoms with E-state index in [9.17, 15) is 0 Å². The molecule has 0 N–H and O–H groups in total. The Bertz CT molecular complexity index is 693. The molecule has 0 bridgehead atoms. The zero-order valence-electron chi connectivity index (χ0n) is 13.1. The van der Waals surface area contributed by atoms with Crippen LogP contribution in [0.15, 0.2) is 70.6 Å². The summed E-state index contributed by atoms with van der Waals surface area (Å²) < 4.78 is 0. The van der Waals surface area contributed by atoms with Crippen molar-refractivity contribution in [3.05, 3.63) is 71.8 Å². The first-order chi connectivity index (χ1) is 10.6. The Hall–Kier alpha value is -2.22. The highest BCUT2D eigenvalue weighted by atomic mass is 15.1. The van der Waals surface area contributed by atoms with Gasteiger partial charge in [0.15, 0.2) is 0 Å². The van der Waals surface area contributed by atoms with Crippen molar-refractivity contribution in [2.75, 3.05) is 0 Å². The van der Waals surface area contributed by atoms with E-state index in [-0.39, 0.29) is 11.1 Å². The number of hydrogen-bond acceptors (Lipinski definition) is 2. The van der Waals surface area contributed by atoms with Gasteiger partial charge in [-0.25, -0.2) is 0 Å². The van der Waals surface area contributed by atoms with E-state index in [1.54, 1.807) is 0 Å². The standard InChI is InChI=1S/C20H20N2/c1-19-13-17(15-9-5-3-6-10-15)22-20(19,2)14-18(21-19)16-11-7-4-8-12-16/h3-12H,13-14H2,1-2H3. The summed E-state index contributed by atoms with van der Waals surface area (Å²) in [6.45, 7) is 4.50. The number of aliphatic imine (C=N–C) groups is 2. The summed E-state index contributed by atoms with van der Waals surface area (Å²) in [4.78, 5) is 10.2. The summed E-state index contributed by atoms with van der Waals surface area (Å²) >= 11 is 0. The van der Waals surface area contributed by atoms with E-state index >= 15 is 0 Å². The molecule has 2 heteroatoms. The van der Waals surface area contributed by atoms with Gasteiger partial charge in [0.25, 0.3) is 0 Å². The van der Waals surface area contributed by atoms with Gasteiger partial charge in [0.1, 0.15) is 0 Å². The molecule has 0 aromatic heterocycles. The summed E-state index contributed by atoms with van der Waals surface area (Å²) in [6.07, 6.45) is 1.84. The minimum Gasteiger partial charge on any atom is -0.280 e. The predicted molar refractivity (Wildman–Crippen MR) is 92.0 cm³/mol. The predicted octanol–water partition coefficient (Wildman–Crippen LogP) is 4.29. The third-order valence-corrected chi connectivity index (χ3v) is 5.16. The molecule has 2 nitrogen and oxygen atoms in total. The summed E-state index contributed by atoms with van der Waals surface area (Å²) in [5, 5.41) is 0. The van der Waals surface area contributed by atoms with Crippen LogP contribution in [0.25, 0.3) is 0 Å². The van der Waals surface area contributed by atoms with Crippen LogP contribution in [0.2, 0.25) is 0 Å². The second-order valence-corrected chi connectivity index (χ2v) is 6.75. The normalized spacial score (nSPS) is 29.9. The molecule has 2 aliphatic heterocycles. The van der Waals surface area contributed by atoms with E-state index in [2.05, 4.69) is 74.5 Å². The fraction of sp³-hybridized carbons (Fsp3) is 0.300. The Balaban J connectivity index is 1.69. The summed E-state index contributed by atoms with van der Waals surface area (Å²) in [5.41, 5.74) is 4.61. The van der Waals surface area contributed by atoms with Crippen molar-refractivity contribution in [3.63, 3.8) is 0 Å². The van der Waals surface area contributed by atoms with Crippen molar-refractivity contribution in [1.29, 1.82) is 0 Å². The van der Waals surface area contributed by atoms with Crippen LogP contribution in [-0.4, -0.2) is 22.5 Å². The molecule has 110 valence electrons. The number of rotatable bonds is 2. The first-order valence-corrected chi connectivity index (χ1v) is 7.88. The van der Waals surface area contributed by atoms with Gasteiger partial charge in [-0.15, -0.1) is 0 Å². The molecule has 2 aromatic carbocycles. The Morgan fingerprint density at radius 3 is 1.36 bits per heavy atom. The molecule has 2 heterocycles. The van der Waals surface area contributed by atoms with Crippen LogP contribution >= 0.6 is 0 Å². The Kier molecular flexibility index (Phi) is 2.83. The highest BCUT2D eigenvalue weighted by Crippen LogP contribution is 2.47. The van der Waals surface area contributed by atoms with Crippen molar-refractivity contribution >= 4 is 11.4 Å². The zero-order chi connectivity index (χ0) is 15.2. The monoisotopic (exact) mass is 288 g/mol. The van der Waals surface area contributed by atoms with Gasteiger partial charge in [-0.3, -0.25) is 9.98 Å². The lowest BCUT2D eigenvalue weighted by atomic mass is 9.79. The van der Waals surface area contributed by atoms with Gasteiger partial charge in [-0.2, -0.15) is 0 Å². The van der Waals surface area contributed by atoms with Crippen LogP contribution in [0, 0.1) is 0 Å².